The number of halogens is 3. The fraction of sp³-hybridized carbons (Fsp3) is 0.333. The van der Waals surface area contributed by atoms with Crippen LogP contribution >= 0.6 is 46.6 Å². The maximum absolute atomic E-state index is 11.7. The van der Waals surface area contributed by atoms with Crippen LogP contribution < -0.4 is 5.01 Å². The van der Waals surface area contributed by atoms with Crippen molar-refractivity contribution in [2.75, 3.05) is 18.1 Å². The normalized spacial score (nSPS) is 16.6. The van der Waals surface area contributed by atoms with Crippen LogP contribution in [0.5, 0.6) is 0 Å². The average molecular weight is 575 g/mol. The zero-order valence-corrected chi connectivity index (χ0v) is 23.0. The lowest BCUT2D eigenvalue weighted by Crippen LogP contribution is -2.47. The molecule has 0 bridgehead atoms. The number of hydrogen-bond acceptors (Lipinski definition) is 6. The number of hydrazone groups is 1. The number of nitrogens with zero attached hydrogens (tertiary/aromatic N) is 3. The van der Waals surface area contributed by atoms with E-state index in [1.54, 1.807) is 0 Å². The molecule has 194 valence electrons. The van der Waals surface area contributed by atoms with Gasteiger partial charge >= 0.3 is 11.9 Å². The van der Waals surface area contributed by atoms with Crippen LogP contribution in [-0.4, -0.2) is 56.6 Å². The van der Waals surface area contributed by atoms with Crippen molar-refractivity contribution in [2.24, 2.45) is 5.10 Å². The second kappa shape index (κ2) is 13.2. The van der Waals surface area contributed by atoms with Gasteiger partial charge in [-0.1, -0.05) is 58.7 Å². The van der Waals surface area contributed by atoms with Crippen LogP contribution in [0.15, 0.2) is 47.6 Å². The van der Waals surface area contributed by atoms with E-state index < -0.39 is 17.5 Å². The Bertz CT molecular complexity index is 1140. The van der Waals surface area contributed by atoms with Crippen LogP contribution in [0.3, 0.4) is 0 Å². The average Bonchev–Trinajstić information content (AvgIpc) is 3.19. The van der Waals surface area contributed by atoms with Crippen molar-refractivity contribution < 1.29 is 24.6 Å². The summed E-state index contributed by atoms with van der Waals surface area (Å²) in [5.74, 6) is -1.75. The molecule has 0 fully saturated rings. The van der Waals surface area contributed by atoms with Crippen molar-refractivity contribution in [3.8, 4) is 0 Å². The van der Waals surface area contributed by atoms with Crippen molar-refractivity contribution in [3.05, 3.63) is 63.1 Å². The van der Waals surface area contributed by atoms with Gasteiger partial charge in [0.05, 0.1) is 10.7 Å². The zero-order chi connectivity index (χ0) is 27.0. The summed E-state index contributed by atoms with van der Waals surface area (Å²) < 4.78 is 0. The molecule has 0 saturated heterocycles. The fourth-order valence-corrected chi connectivity index (χ4v) is 4.76. The Hall–Kier alpha value is -2.46. The van der Waals surface area contributed by atoms with Gasteiger partial charge in [0.25, 0.3) is 5.24 Å². The fourth-order valence-electron chi connectivity index (χ4n) is 3.22. The van der Waals surface area contributed by atoms with E-state index in [4.69, 9.17) is 39.9 Å². The first-order valence-corrected chi connectivity index (χ1v) is 13.0. The van der Waals surface area contributed by atoms with Crippen LogP contribution in [0.1, 0.15) is 32.8 Å². The number of carbonyl (C=O) groups excluding carboxylic acids is 1. The molecule has 0 radical (unpaired) electrons. The number of amides is 1. The third kappa shape index (κ3) is 7.52. The molecule has 1 aliphatic heterocycles. The van der Waals surface area contributed by atoms with Crippen LogP contribution in [0, 0.1) is 0 Å². The van der Waals surface area contributed by atoms with Crippen molar-refractivity contribution in [1.29, 1.82) is 0 Å². The molecule has 0 aliphatic carbocycles. The lowest BCUT2D eigenvalue weighted by molar-refractivity contribution is -0.142. The molecule has 8 nitrogen and oxygen atoms in total. The quantitative estimate of drug-likeness (QED) is 0.387. The highest BCUT2D eigenvalue weighted by molar-refractivity contribution is 8.12. The number of anilines is 1. The zero-order valence-electron chi connectivity index (χ0n) is 19.9. The summed E-state index contributed by atoms with van der Waals surface area (Å²) in [5.41, 5.74) is -0.335. The monoisotopic (exact) mass is 573 g/mol. The van der Waals surface area contributed by atoms with Crippen molar-refractivity contribution in [3.63, 3.8) is 0 Å². The summed E-state index contributed by atoms with van der Waals surface area (Å²) in [7, 11) is 0. The minimum Gasteiger partial charge on any atom is -0.479 e. The van der Waals surface area contributed by atoms with E-state index in [-0.39, 0.29) is 28.1 Å². The van der Waals surface area contributed by atoms with Gasteiger partial charge in [0.15, 0.2) is 5.54 Å². The van der Waals surface area contributed by atoms with E-state index in [0.29, 0.717) is 10.8 Å². The molecule has 1 aliphatic rings. The maximum Gasteiger partial charge on any atom is 0.352 e. The Balaban J connectivity index is 0.000000261. The number of hydrogen-bond donors (Lipinski definition) is 2. The Morgan fingerprint density at radius 2 is 1.61 bits per heavy atom. The molecule has 1 amide bonds. The lowest BCUT2D eigenvalue weighted by atomic mass is 9.95. The Kier molecular flexibility index (Phi) is 10.9. The minimum atomic E-state index is -1.51. The number of carboxylic acid groups (broad SMARTS) is 2. The molecule has 2 N–H and O–H groups in total. The first kappa shape index (κ1) is 29.8. The molecule has 1 atom stereocenters. The largest absolute Gasteiger partial charge is 0.479 e. The van der Waals surface area contributed by atoms with Crippen molar-refractivity contribution >= 4 is 75.1 Å². The molecule has 36 heavy (non-hydrogen) atoms. The second-order valence-corrected chi connectivity index (χ2v) is 10.1. The van der Waals surface area contributed by atoms with E-state index in [1.165, 1.54) is 36.9 Å². The summed E-state index contributed by atoms with van der Waals surface area (Å²) in [6.45, 7) is 6.90. The van der Waals surface area contributed by atoms with Gasteiger partial charge in [-0.05, 0) is 56.7 Å². The van der Waals surface area contributed by atoms with Crippen LogP contribution in [-0.2, 0) is 15.3 Å². The van der Waals surface area contributed by atoms with E-state index in [9.17, 15) is 19.5 Å². The molecular weight excluding hydrogens is 549 g/mol. The Morgan fingerprint density at radius 3 is 2.11 bits per heavy atom. The third-order valence-corrected chi connectivity index (χ3v) is 7.12. The molecule has 1 heterocycles. The number of rotatable bonds is 7. The van der Waals surface area contributed by atoms with Crippen LogP contribution in [0.2, 0.25) is 15.1 Å². The second-order valence-electron chi connectivity index (χ2n) is 7.87. The smallest absolute Gasteiger partial charge is 0.352 e. The summed E-state index contributed by atoms with van der Waals surface area (Å²) in [4.78, 5) is 36.0. The Labute approximate surface area is 228 Å². The van der Waals surface area contributed by atoms with Gasteiger partial charge in [0.2, 0.25) is 0 Å². The van der Waals surface area contributed by atoms with Gasteiger partial charge in [-0.25, -0.2) is 14.6 Å². The highest BCUT2D eigenvalue weighted by atomic mass is 35.5. The first-order valence-electron chi connectivity index (χ1n) is 10.9. The topological polar surface area (TPSA) is 111 Å². The van der Waals surface area contributed by atoms with Crippen molar-refractivity contribution in [2.45, 2.75) is 38.5 Å². The third-order valence-electron chi connectivity index (χ3n) is 5.34. The van der Waals surface area contributed by atoms with Crippen LogP contribution in [0.4, 0.5) is 10.5 Å². The first-order chi connectivity index (χ1) is 16.9. The number of carbonyl (C=O) groups is 3. The van der Waals surface area contributed by atoms with Crippen molar-refractivity contribution in [1.82, 2.24) is 4.90 Å². The SMILES string of the molecule is CC1(C(=O)O)CC(C(=O)O)=NN1c1ccc(Cl)cc1Cl.CCN(CC)C(=O)SCc1ccc(Cl)cc1. The molecule has 3 rings (SSSR count). The number of aliphatic carboxylic acids is 2. The van der Waals surface area contributed by atoms with E-state index >= 15 is 0 Å². The predicted molar refractivity (Wildman–Crippen MR) is 146 cm³/mol. The molecule has 2 aromatic carbocycles. The number of benzene rings is 2. The number of thioether (sulfide) groups is 1. The summed E-state index contributed by atoms with van der Waals surface area (Å²) in [6, 6.07) is 12.1. The predicted octanol–water partition coefficient (Wildman–Crippen LogP) is 6.52. The highest BCUT2D eigenvalue weighted by Crippen LogP contribution is 2.38. The van der Waals surface area contributed by atoms with E-state index in [0.717, 1.165) is 28.7 Å². The number of carboxylic acids is 2. The van der Waals surface area contributed by atoms with Gasteiger partial charge in [0.1, 0.15) is 5.71 Å². The molecule has 0 spiro atoms. The van der Waals surface area contributed by atoms with Gasteiger partial charge in [-0.15, -0.1) is 0 Å². The minimum absolute atomic E-state index is 0.139. The highest BCUT2D eigenvalue weighted by Gasteiger charge is 2.48. The summed E-state index contributed by atoms with van der Waals surface area (Å²) in [5, 5.41) is 24.8. The lowest BCUT2D eigenvalue weighted by Gasteiger charge is -2.30. The van der Waals surface area contributed by atoms with Gasteiger partial charge in [0, 0.05) is 35.3 Å². The summed E-state index contributed by atoms with van der Waals surface area (Å²) in [6.07, 6.45) is -0.226. The van der Waals surface area contributed by atoms with Gasteiger partial charge < -0.3 is 15.1 Å². The molecule has 2 aromatic rings. The van der Waals surface area contributed by atoms with Crippen LogP contribution in [0.25, 0.3) is 0 Å². The summed E-state index contributed by atoms with van der Waals surface area (Å²) >= 11 is 18.9. The molecule has 0 aromatic heterocycles. The molecule has 1 unspecified atom stereocenters. The maximum atomic E-state index is 11.7. The van der Waals surface area contributed by atoms with E-state index in [1.807, 2.05) is 43.0 Å². The Morgan fingerprint density at radius 1 is 1.03 bits per heavy atom. The standard InChI is InChI=1S/C12H10Cl2N2O4.C12H16ClNOS/c1-12(11(19)20)5-8(10(17)18)15-16(12)9-3-2-6(13)4-7(9)14;1-3-14(4-2)12(15)16-9-10-5-7-11(13)8-6-10/h2-4H,5H2,1H3,(H,17,18)(H,19,20);5-8H,3-4,9H2,1-2H3. The molecule has 0 saturated carbocycles. The molecular formula is C24H26Cl3N3O5S. The van der Waals surface area contributed by atoms with E-state index in [2.05, 4.69) is 5.10 Å². The van der Waals surface area contributed by atoms with Gasteiger partial charge in [-0.3, -0.25) is 4.79 Å². The molecule has 12 heteroatoms. The van der Waals surface area contributed by atoms with Gasteiger partial charge in [-0.2, -0.15) is 5.10 Å².